The van der Waals surface area contributed by atoms with E-state index in [-0.39, 0.29) is 18.2 Å². The second kappa shape index (κ2) is 8.76. The van der Waals surface area contributed by atoms with Gasteiger partial charge in [-0.2, -0.15) is 5.26 Å². The smallest absolute Gasteiger partial charge is 0.224 e. The molecule has 4 aromatic heterocycles. The number of hydrogen-bond acceptors (Lipinski definition) is 8. The number of nitriles is 1. The Morgan fingerprint density at radius 3 is 2.93 bits per heavy atom. The molecule has 0 fully saturated rings. The van der Waals surface area contributed by atoms with Crippen LogP contribution in [0, 0.1) is 11.3 Å². The summed E-state index contributed by atoms with van der Waals surface area (Å²) in [4.78, 5) is 30.3. The summed E-state index contributed by atoms with van der Waals surface area (Å²) >= 11 is 1.45. The predicted molar refractivity (Wildman–Crippen MR) is 115 cm³/mol. The monoisotopic (exact) mass is 414 g/mol. The summed E-state index contributed by atoms with van der Waals surface area (Å²) in [5, 5.41) is 14.2. The fourth-order valence-corrected chi connectivity index (χ4v) is 3.93. The maximum atomic E-state index is 13.0. The predicted octanol–water partition coefficient (Wildman–Crippen LogP) is 4.34. The summed E-state index contributed by atoms with van der Waals surface area (Å²) in [5.74, 6) is 0.345. The van der Waals surface area contributed by atoms with Crippen LogP contribution < -0.4 is 5.32 Å². The van der Waals surface area contributed by atoms with Crippen molar-refractivity contribution in [3.05, 3.63) is 76.8 Å². The van der Waals surface area contributed by atoms with E-state index in [9.17, 15) is 4.79 Å². The van der Waals surface area contributed by atoms with Gasteiger partial charge in [-0.25, -0.2) is 9.97 Å². The topological polar surface area (TPSA) is 104 Å². The summed E-state index contributed by atoms with van der Waals surface area (Å²) in [5.41, 5.74) is 3.50. The van der Waals surface area contributed by atoms with Crippen molar-refractivity contribution in [2.24, 2.45) is 0 Å². The first kappa shape index (κ1) is 19.6. The number of carbonyl (C=O) groups excluding carboxylic acids is 1. The molecule has 4 aromatic rings. The van der Waals surface area contributed by atoms with Crippen molar-refractivity contribution in [2.75, 3.05) is 5.32 Å². The van der Waals surface area contributed by atoms with E-state index in [4.69, 9.17) is 5.26 Å². The van der Waals surface area contributed by atoms with E-state index in [0.717, 1.165) is 21.3 Å². The highest BCUT2D eigenvalue weighted by molar-refractivity contribution is 7.17. The molecule has 0 spiro atoms. The normalized spacial score (nSPS) is 11.7. The number of nitrogens with one attached hydrogen (secondary N) is 1. The second-order valence-corrected chi connectivity index (χ2v) is 7.72. The number of aryl methyl sites for hydroxylation is 1. The molecule has 4 rings (SSSR count). The Labute approximate surface area is 177 Å². The van der Waals surface area contributed by atoms with Gasteiger partial charge >= 0.3 is 0 Å². The minimum atomic E-state index is -0.0655. The Morgan fingerprint density at radius 2 is 2.13 bits per heavy atom. The summed E-state index contributed by atoms with van der Waals surface area (Å²) in [6.07, 6.45) is 7.47. The Kier molecular flexibility index (Phi) is 5.72. The van der Waals surface area contributed by atoms with Crippen LogP contribution in [0.4, 0.5) is 5.95 Å². The maximum Gasteiger partial charge on any atom is 0.224 e. The van der Waals surface area contributed by atoms with E-state index in [0.29, 0.717) is 23.6 Å². The number of Topliss-reactive ketones (excluding diaryl/α,β-unsaturated/α-hetero) is 1. The van der Waals surface area contributed by atoms with Crippen molar-refractivity contribution in [2.45, 2.75) is 25.8 Å². The zero-order valence-electron chi connectivity index (χ0n) is 16.2. The van der Waals surface area contributed by atoms with Crippen LogP contribution in [0.2, 0.25) is 0 Å². The van der Waals surface area contributed by atoms with Crippen LogP contribution in [0.3, 0.4) is 0 Å². The third kappa shape index (κ3) is 4.31. The van der Waals surface area contributed by atoms with Crippen LogP contribution in [0.1, 0.15) is 46.6 Å². The SMILES string of the molecule is C[C@H](Nc1nc(C(=O)CCc2cncc(C#N)c2)c2sccc2n1)c1cccnc1. The van der Waals surface area contributed by atoms with Gasteiger partial charge in [0.05, 0.1) is 21.8 Å². The number of aromatic nitrogens is 4. The highest BCUT2D eigenvalue weighted by Gasteiger charge is 2.17. The quantitative estimate of drug-likeness (QED) is 0.448. The first-order chi connectivity index (χ1) is 14.6. The van der Waals surface area contributed by atoms with Gasteiger partial charge in [0, 0.05) is 31.2 Å². The van der Waals surface area contributed by atoms with Gasteiger partial charge in [0.15, 0.2) is 5.78 Å². The van der Waals surface area contributed by atoms with Crippen molar-refractivity contribution in [1.82, 2.24) is 19.9 Å². The van der Waals surface area contributed by atoms with Crippen molar-refractivity contribution in [3.8, 4) is 6.07 Å². The van der Waals surface area contributed by atoms with E-state index in [1.165, 1.54) is 17.5 Å². The molecule has 4 heterocycles. The molecular weight excluding hydrogens is 396 g/mol. The molecule has 30 heavy (non-hydrogen) atoms. The average molecular weight is 414 g/mol. The van der Waals surface area contributed by atoms with E-state index in [1.54, 1.807) is 24.7 Å². The minimum Gasteiger partial charge on any atom is -0.348 e. The van der Waals surface area contributed by atoms with Gasteiger partial charge in [-0.05, 0) is 48.1 Å². The fraction of sp³-hybridized carbons (Fsp3) is 0.182. The highest BCUT2D eigenvalue weighted by atomic mass is 32.1. The van der Waals surface area contributed by atoms with Crippen LogP contribution in [0.15, 0.2) is 54.4 Å². The molecule has 0 aromatic carbocycles. The third-order valence-electron chi connectivity index (χ3n) is 4.66. The van der Waals surface area contributed by atoms with Crippen LogP contribution in [-0.2, 0) is 6.42 Å². The lowest BCUT2D eigenvalue weighted by molar-refractivity contribution is 0.0980. The molecule has 148 valence electrons. The van der Waals surface area contributed by atoms with Crippen LogP contribution in [-0.4, -0.2) is 25.7 Å². The Bertz CT molecular complexity index is 1230. The number of anilines is 1. The molecule has 0 saturated heterocycles. The number of pyridine rings is 2. The minimum absolute atomic E-state index is 0.0578. The van der Waals surface area contributed by atoms with Crippen LogP contribution in [0.25, 0.3) is 10.2 Å². The lowest BCUT2D eigenvalue weighted by atomic mass is 10.1. The van der Waals surface area contributed by atoms with Crippen LogP contribution in [0.5, 0.6) is 0 Å². The Morgan fingerprint density at radius 1 is 1.23 bits per heavy atom. The van der Waals surface area contributed by atoms with Crippen molar-refractivity contribution >= 4 is 33.3 Å². The van der Waals surface area contributed by atoms with E-state index in [1.807, 2.05) is 30.5 Å². The first-order valence-electron chi connectivity index (χ1n) is 9.43. The van der Waals surface area contributed by atoms with Gasteiger partial charge in [0.2, 0.25) is 5.95 Å². The van der Waals surface area contributed by atoms with Crippen molar-refractivity contribution in [3.63, 3.8) is 0 Å². The molecule has 0 aliphatic rings. The molecule has 0 unspecified atom stereocenters. The number of nitrogens with zero attached hydrogens (tertiary/aromatic N) is 5. The molecule has 0 bridgehead atoms. The van der Waals surface area contributed by atoms with Gasteiger partial charge in [-0.3, -0.25) is 14.8 Å². The molecule has 1 N–H and O–H groups in total. The summed E-state index contributed by atoms with van der Waals surface area (Å²) in [6.45, 7) is 1.99. The zero-order chi connectivity index (χ0) is 20.9. The lowest BCUT2D eigenvalue weighted by Gasteiger charge is -2.14. The number of hydrogen-bond donors (Lipinski definition) is 1. The lowest BCUT2D eigenvalue weighted by Crippen LogP contribution is -2.12. The Hall–Kier alpha value is -3.70. The number of ketones is 1. The van der Waals surface area contributed by atoms with Gasteiger partial charge < -0.3 is 5.32 Å². The number of rotatable bonds is 7. The molecule has 1 atom stereocenters. The molecule has 0 saturated carbocycles. The molecule has 0 amide bonds. The van der Waals surface area contributed by atoms with Crippen molar-refractivity contribution < 1.29 is 4.79 Å². The first-order valence-corrected chi connectivity index (χ1v) is 10.3. The highest BCUT2D eigenvalue weighted by Crippen LogP contribution is 2.26. The summed E-state index contributed by atoms with van der Waals surface area (Å²) in [6, 6.07) is 9.50. The number of thiophene rings is 1. The summed E-state index contributed by atoms with van der Waals surface area (Å²) < 4.78 is 0.781. The molecule has 0 aliphatic carbocycles. The molecule has 7 nitrogen and oxygen atoms in total. The molecule has 8 heteroatoms. The van der Waals surface area contributed by atoms with E-state index in [2.05, 4.69) is 31.3 Å². The number of fused-ring (bicyclic) bond motifs is 1. The van der Waals surface area contributed by atoms with Gasteiger partial charge in [0.25, 0.3) is 0 Å². The maximum absolute atomic E-state index is 13.0. The zero-order valence-corrected chi connectivity index (χ0v) is 17.1. The third-order valence-corrected chi connectivity index (χ3v) is 5.57. The van der Waals surface area contributed by atoms with Gasteiger partial charge in [0.1, 0.15) is 11.8 Å². The van der Waals surface area contributed by atoms with E-state index >= 15 is 0 Å². The van der Waals surface area contributed by atoms with E-state index < -0.39 is 0 Å². The van der Waals surface area contributed by atoms with Gasteiger partial charge in [-0.1, -0.05) is 6.07 Å². The van der Waals surface area contributed by atoms with Crippen LogP contribution >= 0.6 is 11.3 Å². The fourth-order valence-electron chi connectivity index (χ4n) is 3.09. The molecule has 0 radical (unpaired) electrons. The van der Waals surface area contributed by atoms with Gasteiger partial charge in [-0.15, -0.1) is 11.3 Å². The average Bonchev–Trinajstić information content (AvgIpc) is 3.26. The standard InChI is InChI=1S/C22H18N6OS/c1-14(17-3-2-7-24-13-17)26-22-27-18-6-8-30-21(18)20(28-22)19(29)5-4-15-9-16(10-23)12-25-11-15/h2-3,6-9,11-14H,4-5H2,1H3,(H,26,27,28)/t14-/m0/s1. The largest absolute Gasteiger partial charge is 0.348 e. The molecule has 0 aliphatic heterocycles. The molecular formula is C22H18N6OS. The second-order valence-electron chi connectivity index (χ2n) is 6.80. The van der Waals surface area contributed by atoms with Crippen molar-refractivity contribution in [1.29, 1.82) is 5.26 Å². The summed E-state index contributed by atoms with van der Waals surface area (Å²) in [7, 11) is 0. The Balaban J connectivity index is 1.56. The number of carbonyl (C=O) groups is 1.